The first-order chi connectivity index (χ1) is 9.49. The van der Waals surface area contributed by atoms with Crippen molar-refractivity contribution < 1.29 is 0 Å². The van der Waals surface area contributed by atoms with Gasteiger partial charge in [-0.1, -0.05) is 42.5 Å². The lowest BCUT2D eigenvalue weighted by Crippen LogP contribution is -2.39. The first-order valence-electron chi connectivity index (χ1n) is 6.82. The quantitative estimate of drug-likeness (QED) is 0.908. The first kappa shape index (κ1) is 14.3. The molecule has 0 bridgehead atoms. The maximum atomic E-state index is 9.08. The van der Waals surface area contributed by atoms with Crippen LogP contribution in [0.4, 0.5) is 0 Å². The van der Waals surface area contributed by atoms with Crippen molar-refractivity contribution in [2.75, 3.05) is 0 Å². The van der Waals surface area contributed by atoms with Crippen molar-refractivity contribution in [1.82, 2.24) is 5.32 Å². The fraction of sp³-hybridized carbons (Fsp3) is 0.278. The van der Waals surface area contributed by atoms with Crippen LogP contribution >= 0.6 is 0 Å². The zero-order valence-electron chi connectivity index (χ0n) is 12.2. The van der Waals surface area contributed by atoms with E-state index in [0.29, 0.717) is 5.56 Å². The van der Waals surface area contributed by atoms with E-state index < -0.39 is 0 Å². The molecule has 0 saturated carbocycles. The van der Waals surface area contributed by atoms with E-state index in [1.807, 2.05) is 36.4 Å². The molecule has 0 spiro atoms. The lowest BCUT2D eigenvalue weighted by atomic mass is 9.94. The summed E-state index contributed by atoms with van der Waals surface area (Å²) in [5, 5.41) is 12.7. The largest absolute Gasteiger partial charge is 0.301 e. The highest BCUT2D eigenvalue weighted by Crippen LogP contribution is 2.25. The molecule has 0 radical (unpaired) electrons. The van der Waals surface area contributed by atoms with Crippen LogP contribution in [0.1, 0.15) is 43.5 Å². The normalized spacial score (nSPS) is 12.7. The van der Waals surface area contributed by atoms with Gasteiger partial charge in [-0.05, 0) is 44.0 Å². The highest BCUT2D eigenvalue weighted by atomic mass is 15.0. The van der Waals surface area contributed by atoms with E-state index in [2.05, 4.69) is 50.4 Å². The minimum atomic E-state index is -0.0108. The molecule has 2 rings (SSSR count). The monoisotopic (exact) mass is 264 g/mol. The van der Waals surface area contributed by atoms with Gasteiger partial charge in [0.2, 0.25) is 0 Å². The molecule has 0 aliphatic rings. The Morgan fingerprint density at radius 1 is 0.950 bits per heavy atom. The van der Waals surface area contributed by atoms with E-state index >= 15 is 0 Å². The van der Waals surface area contributed by atoms with Gasteiger partial charge in [0.25, 0.3) is 0 Å². The lowest BCUT2D eigenvalue weighted by molar-refractivity contribution is 0.391. The van der Waals surface area contributed by atoms with Crippen molar-refractivity contribution in [2.24, 2.45) is 0 Å². The average molecular weight is 264 g/mol. The first-order valence-corrected chi connectivity index (χ1v) is 6.82. The van der Waals surface area contributed by atoms with Gasteiger partial charge in [0, 0.05) is 5.54 Å². The average Bonchev–Trinajstić information content (AvgIpc) is 2.45. The van der Waals surface area contributed by atoms with Gasteiger partial charge in [-0.25, -0.2) is 0 Å². The van der Waals surface area contributed by atoms with E-state index in [9.17, 15) is 0 Å². The predicted molar refractivity (Wildman–Crippen MR) is 82.3 cm³/mol. The smallest absolute Gasteiger partial charge is 0.0991 e. The zero-order chi connectivity index (χ0) is 14.6. The molecular weight excluding hydrogens is 244 g/mol. The van der Waals surface area contributed by atoms with Gasteiger partial charge in [0.15, 0.2) is 0 Å². The molecule has 0 amide bonds. The number of hydrogen-bond acceptors (Lipinski definition) is 2. The van der Waals surface area contributed by atoms with Crippen LogP contribution in [0.5, 0.6) is 0 Å². The van der Waals surface area contributed by atoms with Crippen LogP contribution < -0.4 is 5.32 Å². The summed E-state index contributed by atoms with van der Waals surface area (Å²) in [5.74, 6) is 0. The second kappa shape index (κ2) is 5.90. The Morgan fingerprint density at radius 3 is 2.20 bits per heavy atom. The molecule has 1 N–H and O–H groups in total. The van der Waals surface area contributed by atoms with Crippen LogP contribution in [-0.4, -0.2) is 5.54 Å². The van der Waals surface area contributed by atoms with E-state index in [1.165, 1.54) is 5.56 Å². The second-order valence-electron chi connectivity index (χ2n) is 5.98. The maximum absolute atomic E-state index is 9.08. The Morgan fingerprint density at radius 2 is 1.60 bits per heavy atom. The third-order valence-corrected chi connectivity index (χ3v) is 3.06. The van der Waals surface area contributed by atoms with Gasteiger partial charge < -0.3 is 5.32 Å². The number of nitriles is 1. The van der Waals surface area contributed by atoms with Crippen molar-refractivity contribution in [2.45, 2.75) is 32.4 Å². The zero-order valence-corrected chi connectivity index (χ0v) is 12.2. The van der Waals surface area contributed by atoms with Crippen LogP contribution in [0.3, 0.4) is 0 Å². The summed E-state index contributed by atoms with van der Waals surface area (Å²) in [4.78, 5) is 0. The predicted octanol–water partition coefficient (Wildman–Crippen LogP) is 4.04. The molecule has 2 aromatic rings. The summed E-state index contributed by atoms with van der Waals surface area (Å²) >= 11 is 0. The van der Waals surface area contributed by atoms with Crippen LogP contribution in [-0.2, 0) is 0 Å². The van der Waals surface area contributed by atoms with Gasteiger partial charge in [0.05, 0.1) is 17.7 Å². The molecular formula is C18H20N2. The Hall–Kier alpha value is -2.11. The minimum Gasteiger partial charge on any atom is -0.301 e. The van der Waals surface area contributed by atoms with Crippen molar-refractivity contribution in [3.8, 4) is 6.07 Å². The maximum Gasteiger partial charge on any atom is 0.0991 e. The minimum absolute atomic E-state index is 0.0108. The van der Waals surface area contributed by atoms with Crippen LogP contribution in [0.2, 0.25) is 0 Å². The summed E-state index contributed by atoms with van der Waals surface area (Å²) in [6, 6.07) is 20.4. The third-order valence-electron chi connectivity index (χ3n) is 3.06. The van der Waals surface area contributed by atoms with E-state index in [1.54, 1.807) is 0 Å². The molecule has 0 aromatic heterocycles. The molecule has 0 fully saturated rings. The standard InChI is InChI=1S/C18H20N2/c1-18(2,3)20-17(15-9-5-4-6-10-15)16-11-7-8-14(12-16)13-19/h4-12,17,20H,1-3H3. The van der Waals surface area contributed by atoms with E-state index in [4.69, 9.17) is 5.26 Å². The summed E-state index contributed by atoms with van der Waals surface area (Å²) in [6.07, 6.45) is 0. The molecule has 0 heterocycles. The summed E-state index contributed by atoms with van der Waals surface area (Å²) < 4.78 is 0. The summed E-state index contributed by atoms with van der Waals surface area (Å²) in [6.45, 7) is 6.45. The molecule has 1 unspecified atom stereocenters. The number of rotatable bonds is 3. The molecule has 20 heavy (non-hydrogen) atoms. The van der Waals surface area contributed by atoms with Gasteiger partial charge in [-0.15, -0.1) is 0 Å². The summed E-state index contributed by atoms with van der Waals surface area (Å²) in [5.41, 5.74) is 3.00. The van der Waals surface area contributed by atoms with Gasteiger partial charge in [0.1, 0.15) is 0 Å². The van der Waals surface area contributed by atoms with Crippen molar-refractivity contribution in [3.63, 3.8) is 0 Å². The molecule has 102 valence electrons. The number of benzene rings is 2. The topological polar surface area (TPSA) is 35.8 Å². The van der Waals surface area contributed by atoms with Gasteiger partial charge >= 0.3 is 0 Å². The van der Waals surface area contributed by atoms with E-state index in [0.717, 1.165) is 5.56 Å². The third kappa shape index (κ3) is 3.69. The molecule has 0 saturated heterocycles. The van der Waals surface area contributed by atoms with Crippen LogP contribution in [0.25, 0.3) is 0 Å². The molecule has 0 aliphatic carbocycles. The Balaban J connectivity index is 2.44. The van der Waals surface area contributed by atoms with Crippen molar-refractivity contribution in [1.29, 1.82) is 5.26 Å². The number of nitrogens with one attached hydrogen (secondary N) is 1. The highest BCUT2D eigenvalue weighted by Gasteiger charge is 2.20. The van der Waals surface area contributed by atoms with E-state index in [-0.39, 0.29) is 11.6 Å². The Labute approximate surface area is 121 Å². The van der Waals surface area contributed by atoms with Crippen molar-refractivity contribution >= 4 is 0 Å². The van der Waals surface area contributed by atoms with Crippen LogP contribution in [0.15, 0.2) is 54.6 Å². The van der Waals surface area contributed by atoms with Gasteiger partial charge in [-0.3, -0.25) is 0 Å². The van der Waals surface area contributed by atoms with Gasteiger partial charge in [-0.2, -0.15) is 5.26 Å². The summed E-state index contributed by atoms with van der Waals surface area (Å²) in [7, 11) is 0. The fourth-order valence-corrected chi connectivity index (χ4v) is 2.23. The molecule has 2 nitrogen and oxygen atoms in total. The lowest BCUT2D eigenvalue weighted by Gasteiger charge is -2.29. The number of nitrogens with zero attached hydrogens (tertiary/aromatic N) is 1. The molecule has 2 aromatic carbocycles. The Kier molecular flexibility index (Phi) is 4.22. The number of hydrogen-bond donors (Lipinski definition) is 1. The second-order valence-corrected chi connectivity index (χ2v) is 5.98. The molecule has 1 atom stereocenters. The Bertz CT molecular complexity index is 603. The van der Waals surface area contributed by atoms with Crippen molar-refractivity contribution in [3.05, 3.63) is 71.3 Å². The van der Waals surface area contributed by atoms with Crippen LogP contribution in [0, 0.1) is 11.3 Å². The molecule has 0 aliphatic heterocycles. The highest BCUT2D eigenvalue weighted by molar-refractivity contribution is 5.38. The SMILES string of the molecule is CC(C)(C)NC(c1ccccc1)c1cccc(C#N)c1. The molecule has 2 heteroatoms. The fourth-order valence-electron chi connectivity index (χ4n) is 2.23.